The Morgan fingerprint density at radius 2 is 1.32 bits per heavy atom. The van der Waals surface area contributed by atoms with Gasteiger partial charge < -0.3 is 4.74 Å². The summed E-state index contributed by atoms with van der Waals surface area (Å²) in [4.78, 5) is 0. The van der Waals surface area contributed by atoms with Gasteiger partial charge in [0.25, 0.3) is 0 Å². The fourth-order valence-corrected chi connectivity index (χ4v) is 2.28. The minimum Gasteiger partial charge on any atom is -0.374 e. The molecule has 0 heterocycles. The zero-order valence-electron chi connectivity index (χ0n) is 11.4. The van der Waals surface area contributed by atoms with Crippen LogP contribution in [0.1, 0.15) is 18.9 Å². The summed E-state index contributed by atoms with van der Waals surface area (Å²) in [5, 5.41) is 0. The van der Waals surface area contributed by atoms with Crippen LogP contribution in [-0.4, -0.2) is 25.1 Å². The molecule has 1 atom stereocenters. The predicted molar refractivity (Wildman–Crippen MR) is 74.1 cm³/mol. The summed E-state index contributed by atoms with van der Waals surface area (Å²) in [7, 11) is 0.936. The van der Waals surface area contributed by atoms with Gasteiger partial charge in [-0.05, 0) is 47.2 Å². The lowest BCUT2D eigenvalue weighted by molar-refractivity contribution is -0.353. The Labute approximate surface area is 136 Å². The quantitative estimate of drug-likeness (QED) is 0.448. The van der Waals surface area contributed by atoms with Gasteiger partial charge in [0.15, 0.2) is 0 Å². The molecule has 1 rings (SSSR count). The lowest BCUT2D eigenvalue weighted by Crippen LogP contribution is -2.56. The number of alkyl halides is 7. The normalized spacial score (nSPS) is 16.5. The monoisotopic (exact) mass is 444 g/mol. The Morgan fingerprint density at radius 3 is 1.64 bits per heavy atom. The van der Waals surface area contributed by atoms with E-state index in [0.717, 1.165) is 17.6 Å². The van der Waals surface area contributed by atoms with Gasteiger partial charge in [-0.15, -0.1) is 0 Å². The summed E-state index contributed by atoms with van der Waals surface area (Å²) in [6, 6.07) is 5.57. The van der Waals surface area contributed by atoms with Crippen molar-refractivity contribution in [2.24, 2.45) is 0 Å². The van der Waals surface area contributed by atoms with Crippen LogP contribution in [0.2, 0.25) is 0 Å². The first-order chi connectivity index (χ1) is 9.77. The van der Waals surface area contributed by atoms with Crippen molar-refractivity contribution in [2.75, 3.05) is 7.11 Å². The van der Waals surface area contributed by atoms with Gasteiger partial charge >= 0.3 is 18.0 Å². The molecule has 0 N–H and O–H groups in total. The van der Waals surface area contributed by atoms with Gasteiger partial charge in [0, 0.05) is 17.1 Å². The molecule has 0 saturated heterocycles. The average molecular weight is 444 g/mol. The first-order valence-electron chi connectivity index (χ1n) is 5.90. The van der Waals surface area contributed by atoms with Gasteiger partial charge in [-0.2, -0.15) is 26.3 Å². The molecular weight excluding hydrogens is 432 g/mol. The number of halogens is 8. The molecule has 9 heteroatoms. The molecule has 0 aliphatic carbocycles. The molecular formula is C13H12F7IO. The number of hydrogen-bond acceptors (Lipinski definition) is 1. The van der Waals surface area contributed by atoms with Crippen molar-refractivity contribution in [3.8, 4) is 0 Å². The minimum absolute atomic E-state index is 0.0194. The molecule has 1 unspecified atom stereocenters. The third kappa shape index (κ3) is 3.66. The molecule has 0 saturated carbocycles. The van der Waals surface area contributed by atoms with E-state index in [4.69, 9.17) is 4.74 Å². The highest BCUT2D eigenvalue weighted by Gasteiger charge is 2.74. The summed E-state index contributed by atoms with van der Waals surface area (Å²) in [5.74, 6) is 0. The number of rotatable bonds is 4. The van der Waals surface area contributed by atoms with Crippen molar-refractivity contribution in [1.29, 1.82) is 0 Å². The second-order valence-corrected chi connectivity index (χ2v) is 6.16. The summed E-state index contributed by atoms with van der Waals surface area (Å²) < 4.78 is 95.6. The van der Waals surface area contributed by atoms with Crippen molar-refractivity contribution in [3.63, 3.8) is 0 Å². The molecule has 0 amide bonds. The molecule has 0 bridgehead atoms. The van der Waals surface area contributed by atoms with Crippen LogP contribution >= 0.6 is 22.6 Å². The molecule has 0 aliphatic rings. The highest BCUT2D eigenvalue weighted by atomic mass is 127. The molecule has 0 radical (unpaired) electrons. The predicted octanol–water partition coefficient (Wildman–Crippen LogP) is 5.38. The van der Waals surface area contributed by atoms with Crippen molar-refractivity contribution in [1.82, 2.24) is 0 Å². The Balaban J connectivity index is 3.32. The van der Waals surface area contributed by atoms with E-state index in [9.17, 15) is 30.7 Å². The maximum atomic E-state index is 13.9. The van der Waals surface area contributed by atoms with E-state index < -0.39 is 30.0 Å². The van der Waals surface area contributed by atoms with E-state index >= 15 is 0 Å². The fraction of sp³-hybridized carbons (Fsp3) is 0.538. The minimum atomic E-state index is -6.10. The van der Waals surface area contributed by atoms with Gasteiger partial charge in [-0.3, -0.25) is 0 Å². The van der Waals surface area contributed by atoms with Crippen molar-refractivity contribution < 1.29 is 35.5 Å². The lowest BCUT2D eigenvalue weighted by atomic mass is 9.83. The Morgan fingerprint density at radius 1 is 0.909 bits per heavy atom. The third-order valence-electron chi connectivity index (χ3n) is 3.38. The fourth-order valence-electron chi connectivity index (χ4n) is 1.92. The lowest BCUT2D eigenvalue weighted by Gasteiger charge is -2.38. The summed E-state index contributed by atoms with van der Waals surface area (Å²) in [6.45, 7) is 0.987. The topological polar surface area (TPSA) is 9.23 Å². The Kier molecular flexibility index (Phi) is 5.43. The van der Waals surface area contributed by atoms with E-state index in [1.165, 1.54) is 24.3 Å². The van der Waals surface area contributed by atoms with E-state index in [2.05, 4.69) is 0 Å². The SMILES string of the molecule is COC(C)(CC(F)(C(F)(F)F)C(F)(F)F)c1ccc(I)cc1. The average Bonchev–Trinajstić information content (AvgIpc) is 2.36. The Hall–Kier alpha value is -0.580. The molecule has 1 aromatic carbocycles. The second-order valence-electron chi connectivity index (χ2n) is 4.92. The van der Waals surface area contributed by atoms with Crippen molar-refractivity contribution in [2.45, 2.75) is 37.0 Å². The van der Waals surface area contributed by atoms with E-state index in [1.54, 1.807) is 0 Å². The molecule has 126 valence electrons. The summed E-state index contributed by atoms with van der Waals surface area (Å²) in [6.07, 6.45) is -14.1. The van der Waals surface area contributed by atoms with Crippen LogP contribution in [0, 0.1) is 3.57 Å². The van der Waals surface area contributed by atoms with Crippen LogP contribution in [0.25, 0.3) is 0 Å². The van der Waals surface area contributed by atoms with Gasteiger partial charge in [-0.1, -0.05) is 12.1 Å². The zero-order chi connectivity index (χ0) is 17.4. The van der Waals surface area contributed by atoms with Gasteiger partial charge in [0.05, 0.1) is 5.60 Å². The van der Waals surface area contributed by atoms with Crippen molar-refractivity contribution >= 4 is 22.6 Å². The van der Waals surface area contributed by atoms with Gasteiger partial charge in [-0.25, -0.2) is 4.39 Å². The number of benzene rings is 1. The molecule has 0 spiro atoms. The number of methoxy groups -OCH3 is 1. The van der Waals surface area contributed by atoms with Crippen LogP contribution in [0.5, 0.6) is 0 Å². The number of ether oxygens (including phenoxy) is 1. The standard InChI is InChI=1S/C13H12F7IO/c1-10(22-2,8-3-5-9(21)6-4-8)7-11(14,12(15,16)17)13(18,19)20/h3-6H,7H2,1-2H3. The highest BCUT2D eigenvalue weighted by molar-refractivity contribution is 14.1. The van der Waals surface area contributed by atoms with Crippen LogP contribution in [0.15, 0.2) is 24.3 Å². The van der Waals surface area contributed by atoms with Gasteiger partial charge in [0.1, 0.15) is 0 Å². The largest absolute Gasteiger partial charge is 0.431 e. The van der Waals surface area contributed by atoms with Crippen molar-refractivity contribution in [3.05, 3.63) is 33.4 Å². The molecule has 0 aliphatic heterocycles. The van der Waals surface area contributed by atoms with Crippen LogP contribution in [0.4, 0.5) is 30.7 Å². The highest BCUT2D eigenvalue weighted by Crippen LogP contribution is 2.52. The summed E-state index contributed by atoms with van der Waals surface area (Å²) >= 11 is 1.92. The molecule has 0 aromatic heterocycles. The second kappa shape index (κ2) is 6.14. The zero-order valence-corrected chi connectivity index (χ0v) is 13.6. The molecule has 0 fully saturated rings. The van der Waals surface area contributed by atoms with E-state index in [-0.39, 0.29) is 5.56 Å². The van der Waals surface area contributed by atoms with Crippen LogP contribution < -0.4 is 0 Å². The van der Waals surface area contributed by atoms with E-state index in [0.29, 0.717) is 0 Å². The first-order valence-corrected chi connectivity index (χ1v) is 6.98. The van der Waals surface area contributed by atoms with Gasteiger partial charge in [0.2, 0.25) is 0 Å². The first kappa shape index (κ1) is 19.5. The van der Waals surface area contributed by atoms with Crippen LogP contribution in [0.3, 0.4) is 0 Å². The molecule has 1 nitrogen and oxygen atoms in total. The van der Waals surface area contributed by atoms with E-state index in [1.807, 2.05) is 22.6 Å². The maximum absolute atomic E-state index is 13.9. The molecule has 22 heavy (non-hydrogen) atoms. The Bertz CT molecular complexity index is 495. The number of hydrogen-bond donors (Lipinski definition) is 0. The maximum Gasteiger partial charge on any atom is 0.431 e. The third-order valence-corrected chi connectivity index (χ3v) is 4.10. The van der Waals surface area contributed by atoms with Crippen LogP contribution in [-0.2, 0) is 10.3 Å². The smallest absolute Gasteiger partial charge is 0.374 e. The summed E-state index contributed by atoms with van der Waals surface area (Å²) in [5.41, 5.74) is -7.44. The molecule has 1 aromatic rings.